The van der Waals surface area contributed by atoms with Crippen LogP contribution in [0.4, 0.5) is 0 Å². The van der Waals surface area contributed by atoms with Gasteiger partial charge in [0.1, 0.15) is 0 Å². The summed E-state index contributed by atoms with van der Waals surface area (Å²) in [5, 5.41) is 10.8. The lowest BCUT2D eigenvalue weighted by Crippen LogP contribution is -2.06. The Hall–Kier alpha value is -0.0500. The van der Waals surface area contributed by atoms with Gasteiger partial charge in [-0.15, -0.1) is 0 Å². The van der Waals surface area contributed by atoms with Gasteiger partial charge >= 0.3 is 0 Å². The second-order valence-electron chi connectivity index (χ2n) is 4.14. The van der Waals surface area contributed by atoms with E-state index in [0.29, 0.717) is 10.9 Å². The third-order valence-electron chi connectivity index (χ3n) is 2.98. The molecule has 0 saturated heterocycles. The Balaban J connectivity index is 2.75. The van der Waals surface area contributed by atoms with E-state index in [1.807, 2.05) is 18.2 Å². The zero-order valence-corrected chi connectivity index (χ0v) is 12.1. The maximum atomic E-state index is 10.1. The van der Waals surface area contributed by atoms with Crippen LogP contribution in [0.1, 0.15) is 44.8 Å². The molecule has 0 aliphatic rings. The van der Waals surface area contributed by atoms with Crippen LogP contribution in [0.15, 0.2) is 22.7 Å². The number of rotatable bonds is 5. The van der Waals surface area contributed by atoms with E-state index in [-0.39, 0.29) is 0 Å². The average molecular weight is 306 g/mol. The normalized spacial score (nSPS) is 13.1. The molecule has 0 heterocycles. The van der Waals surface area contributed by atoms with E-state index in [1.54, 1.807) is 0 Å². The Kier molecular flexibility index (Phi) is 5.81. The largest absolute Gasteiger partial charge is 0.388 e. The van der Waals surface area contributed by atoms with E-state index in [1.165, 1.54) is 0 Å². The Morgan fingerprint density at radius 1 is 1.25 bits per heavy atom. The van der Waals surface area contributed by atoms with Crippen molar-refractivity contribution < 1.29 is 5.11 Å². The van der Waals surface area contributed by atoms with Gasteiger partial charge in [0.15, 0.2) is 0 Å². The van der Waals surface area contributed by atoms with Crippen LogP contribution in [0.2, 0.25) is 5.02 Å². The minimum absolute atomic E-state index is 0.417. The monoisotopic (exact) mass is 304 g/mol. The van der Waals surface area contributed by atoms with Gasteiger partial charge in [-0.1, -0.05) is 54.2 Å². The van der Waals surface area contributed by atoms with Crippen LogP contribution in [-0.4, -0.2) is 5.11 Å². The van der Waals surface area contributed by atoms with Crippen LogP contribution in [-0.2, 0) is 0 Å². The summed E-state index contributed by atoms with van der Waals surface area (Å²) in [6.07, 6.45) is 2.60. The van der Waals surface area contributed by atoms with Crippen LogP contribution >= 0.6 is 27.5 Å². The molecule has 90 valence electrons. The standard InChI is InChI=1S/C13H18BrClO/c1-3-9(4-2)5-13(16)10-6-11(14)8-12(15)7-10/h6-9,13,16H,3-5H2,1-2H3. The predicted molar refractivity (Wildman–Crippen MR) is 72.8 cm³/mol. The summed E-state index contributed by atoms with van der Waals surface area (Å²) < 4.78 is 0.915. The third-order valence-corrected chi connectivity index (χ3v) is 3.66. The van der Waals surface area contributed by atoms with E-state index in [2.05, 4.69) is 29.8 Å². The first kappa shape index (κ1) is 14.0. The molecule has 1 N–H and O–H groups in total. The summed E-state index contributed by atoms with van der Waals surface area (Å²) in [4.78, 5) is 0. The molecule has 0 radical (unpaired) electrons. The number of benzene rings is 1. The molecule has 0 amide bonds. The van der Waals surface area contributed by atoms with Crippen molar-refractivity contribution in [3.8, 4) is 0 Å². The fourth-order valence-corrected chi connectivity index (χ4v) is 2.73. The Labute approximate surface area is 111 Å². The van der Waals surface area contributed by atoms with Crippen molar-refractivity contribution in [2.75, 3.05) is 0 Å². The van der Waals surface area contributed by atoms with Crippen molar-refractivity contribution in [1.29, 1.82) is 0 Å². The van der Waals surface area contributed by atoms with Crippen molar-refractivity contribution in [2.45, 2.75) is 39.2 Å². The zero-order valence-electron chi connectivity index (χ0n) is 9.71. The number of halogens is 2. The van der Waals surface area contributed by atoms with Gasteiger partial charge in [0, 0.05) is 9.50 Å². The molecule has 0 spiro atoms. The molecule has 3 heteroatoms. The summed E-state index contributed by atoms with van der Waals surface area (Å²) in [5.41, 5.74) is 0.895. The van der Waals surface area contributed by atoms with Crippen LogP contribution in [0.5, 0.6) is 0 Å². The first-order chi connectivity index (χ1) is 7.56. The maximum absolute atomic E-state index is 10.1. The first-order valence-corrected chi connectivity index (χ1v) is 6.88. The number of aliphatic hydroxyl groups excluding tert-OH is 1. The first-order valence-electron chi connectivity index (χ1n) is 5.70. The van der Waals surface area contributed by atoms with Crippen molar-refractivity contribution >= 4 is 27.5 Å². The molecule has 0 fully saturated rings. The fourth-order valence-electron chi connectivity index (χ4n) is 1.84. The number of aliphatic hydroxyl groups is 1. The molecule has 1 aromatic rings. The van der Waals surface area contributed by atoms with Crippen molar-refractivity contribution in [3.05, 3.63) is 33.3 Å². The lowest BCUT2D eigenvalue weighted by molar-refractivity contribution is 0.141. The molecule has 0 bridgehead atoms. The maximum Gasteiger partial charge on any atom is 0.0793 e. The van der Waals surface area contributed by atoms with E-state index in [0.717, 1.165) is 29.3 Å². The van der Waals surface area contributed by atoms with Crippen molar-refractivity contribution in [2.24, 2.45) is 5.92 Å². The van der Waals surface area contributed by atoms with E-state index >= 15 is 0 Å². The summed E-state index contributed by atoms with van der Waals surface area (Å²) in [6, 6.07) is 5.59. The smallest absolute Gasteiger partial charge is 0.0793 e. The molecule has 0 aliphatic heterocycles. The molecule has 16 heavy (non-hydrogen) atoms. The van der Waals surface area contributed by atoms with Gasteiger partial charge in [-0.3, -0.25) is 0 Å². The molecular weight excluding hydrogens is 287 g/mol. The minimum Gasteiger partial charge on any atom is -0.388 e. The average Bonchev–Trinajstić information content (AvgIpc) is 2.24. The summed E-state index contributed by atoms with van der Waals surface area (Å²) in [7, 11) is 0. The minimum atomic E-state index is -0.417. The highest BCUT2D eigenvalue weighted by Gasteiger charge is 2.14. The van der Waals surface area contributed by atoms with Crippen molar-refractivity contribution in [3.63, 3.8) is 0 Å². The van der Waals surface area contributed by atoms with Crippen molar-refractivity contribution in [1.82, 2.24) is 0 Å². The second kappa shape index (κ2) is 6.63. The van der Waals surface area contributed by atoms with Crippen LogP contribution in [0.3, 0.4) is 0 Å². The lowest BCUT2D eigenvalue weighted by atomic mass is 9.93. The SMILES string of the molecule is CCC(CC)CC(O)c1cc(Cl)cc(Br)c1. The molecule has 0 aromatic heterocycles. The van der Waals surface area contributed by atoms with Gasteiger partial charge in [0.05, 0.1) is 6.10 Å². The summed E-state index contributed by atoms with van der Waals surface area (Å²) >= 11 is 9.34. The highest BCUT2D eigenvalue weighted by Crippen LogP contribution is 2.29. The number of hydrogen-bond donors (Lipinski definition) is 1. The predicted octanol–water partition coefficient (Wildman–Crippen LogP) is 4.96. The third kappa shape index (κ3) is 4.08. The topological polar surface area (TPSA) is 20.2 Å². The Morgan fingerprint density at radius 2 is 1.88 bits per heavy atom. The Bertz CT molecular complexity index is 316. The molecule has 1 rings (SSSR count). The Morgan fingerprint density at radius 3 is 2.38 bits per heavy atom. The van der Waals surface area contributed by atoms with Gasteiger partial charge in [0.25, 0.3) is 0 Å². The van der Waals surface area contributed by atoms with E-state index < -0.39 is 6.10 Å². The molecule has 1 aromatic carbocycles. The van der Waals surface area contributed by atoms with E-state index in [9.17, 15) is 5.11 Å². The lowest BCUT2D eigenvalue weighted by Gasteiger charge is -2.18. The van der Waals surface area contributed by atoms with Gasteiger partial charge < -0.3 is 5.11 Å². The highest BCUT2D eigenvalue weighted by atomic mass is 79.9. The fraction of sp³-hybridized carbons (Fsp3) is 0.538. The van der Waals surface area contributed by atoms with Gasteiger partial charge in [0.2, 0.25) is 0 Å². The molecule has 1 nitrogen and oxygen atoms in total. The molecule has 0 saturated carbocycles. The highest BCUT2D eigenvalue weighted by molar-refractivity contribution is 9.10. The van der Waals surface area contributed by atoms with Gasteiger partial charge in [-0.2, -0.15) is 0 Å². The van der Waals surface area contributed by atoms with E-state index in [4.69, 9.17) is 11.6 Å². The zero-order chi connectivity index (χ0) is 12.1. The van der Waals surface area contributed by atoms with Gasteiger partial charge in [-0.05, 0) is 36.1 Å². The molecule has 0 aliphatic carbocycles. The van der Waals surface area contributed by atoms with Crippen LogP contribution in [0, 0.1) is 5.92 Å². The molecule has 1 unspecified atom stereocenters. The summed E-state index contributed by atoms with van der Waals surface area (Å²) in [6.45, 7) is 4.32. The van der Waals surface area contributed by atoms with Gasteiger partial charge in [-0.25, -0.2) is 0 Å². The molecule has 1 atom stereocenters. The quantitative estimate of drug-likeness (QED) is 0.815. The van der Waals surface area contributed by atoms with Crippen LogP contribution < -0.4 is 0 Å². The second-order valence-corrected chi connectivity index (χ2v) is 5.49. The summed E-state index contributed by atoms with van der Waals surface area (Å²) in [5.74, 6) is 0.577. The molecular formula is C13H18BrClO. The van der Waals surface area contributed by atoms with Crippen LogP contribution in [0.25, 0.3) is 0 Å². The number of hydrogen-bond acceptors (Lipinski definition) is 1.